The summed E-state index contributed by atoms with van der Waals surface area (Å²) >= 11 is 1.51. The molecule has 0 aliphatic carbocycles. The molecule has 0 aliphatic rings. The molecule has 2 aromatic carbocycles. The van der Waals surface area contributed by atoms with Crippen LogP contribution in [0.2, 0.25) is 0 Å². The van der Waals surface area contributed by atoms with Crippen LogP contribution in [0.3, 0.4) is 0 Å². The lowest BCUT2D eigenvalue weighted by molar-refractivity contribution is -0.115. The maximum Gasteiger partial charge on any atom is 0.230 e. The van der Waals surface area contributed by atoms with E-state index in [2.05, 4.69) is 10.3 Å². The fraction of sp³-hybridized carbons (Fsp3) is 0.238. The molecule has 0 spiro atoms. The highest BCUT2D eigenvalue weighted by atomic mass is 32.1. The highest BCUT2D eigenvalue weighted by molar-refractivity contribution is 7.09. The molecule has 3 aromatic rings. The fourth-order valence-electron chi connectivity index (χ4n) is 2.64. The smallest absolute Gasteiger partial charge is 0.230 e. The lowest BCUT2D eigenvalue weighted by Gasteiger charge is -2.10. The van der Waals surface area contributed by atoms with Gasteiger partial charge in [-0.05, 0) is 44.0 Å². The molecule has 1 amide bonds. The summed E-state index contributed by atoms with van der Waals surface area (Å²) in [7, 11) is 0. The van der Waals surface area contributed by atoms with Crippen LogP contribution < -0.4 is 10.1 Å². The Hall–Kier alpha value is -2.66. The molecule has 1 aromatic heterocycles. The summed E-state index contributed by atoms with van der Waals surface area (Å²) < 4.78 is 5.74. The van der Waals surface area contributed by atoms with Gasteiger partial charge in [0.05, 0.1) is 12.1 Å². The van der Waals surface area contributed by atoms with Gasteiger partial charge in [-0.1, -0.05) is 35.9 Å². The number of carbonyl (C=O) groups is 1. The van der Waals surface area contributed by atoms with Crippen molar-refractivity contribution in [3.63, 3.8) is 0 Å². The predicted octanol–water partition coefficient (Wildman–Crippen LogP) is 4.83. The zero-order valence-corrected chi connectivity index (χ0v) is 16.0. The first-order valence-corrected chi connectivity index (χ1v) is 9.38. The van der Waals surface area contributed by atoms with Crippen LogP contribution in [0.15, 0.2) is 47.8 Å². The largest absolute Gasteiger partial charge is 0.486 e. The lowest BCUT2D eigenvalue weighted by atomic mass is 10.1. The van der Waals surface area contributed by atoms with Crippen molar-refractivity contribution in [1.29, 1.82) is 0 Å². The van der Waals surface area contributed by atoms with Crippen molar-refractivity contribution < 1.29 is 9.53 Å². The van der Waals surface area contributed by atoms with Crippen LogP contribution >= 0.6 is 11.3 Å². The van der Waals surface area contributed by atoms with Gasteiger partial charge in [-0.25, -0.2) is 4.98 Å². The Kier molecular flexibility index (Phi) is 5.68. The Morgan fingerprint density at radius 1 is 1.08 bits per heavy atom. The molecule has 26 heavy (non-hydrogen) atoms. The number of hydrogen-bond acceptors (Lipinski definition) is 4. The van der Waals surface area contributed by atoms with E-state index in [4.69, 9.17) is 4.74 Å². The first kappa shape index (κ1) is 18.1. The van der Waals surface area contributed by atoms with Crippen LogP contribution in [0.25, 0.3) is 0 Å². The minimum atomic E-state index is -0.0568. The Morgan fingerprint density at radius 2 is 1.77 bits per heavy atom. The van der Waals surface area contributed by atoms with Crippen LogP contribution in [-0.2, 0) is 17.8 Å². The zero-order valence-electron chi connectivity index (χ0n) is 15.2. The SMILES string of the molecule is Cc1ccc(OCc2nc(CC(=O)Nc3c(C)cccc3C)cs2)cc1. The van der Waals surface area contributed by atoms with E-state index in [1.807, 2.05) is 68.6 Å². The summed E-state index contributed by atoms with van der Waals surface area (Å²) in [4.78, 5) is 16.8. The zero-order chi connectivity index (χ0) is 18.5. The Morgan fingerprint density at radius 3 is 2.46 bits per heavy atom. The number of anilines is 1. The van der Waals surface area contributed by atoms with Crippen LogP contribution in [0.5, 0.6) is 5.75 Å². The summed E-state index contributed by atoms with van der Waals surface area (Å²) in [5, 5.41) is 5.77. The van der Waals surface area contributed by atoms with Gasteiger partial charge in [0.1, 0.15) is 17.4 Å². The number of nitrogens with zero attached hydrogens (tertiary/aromatic N) is 1. The topological polar surface area (TPSA) is 51.2 Å². The van der Waals surface area contributed by atoms with Gasteiger partial charge in [-0.3, -0.25) is 4.79 Å². The number of aromatic nitrogens is 1. The summed E-state index contributed by atoms with van der Waals surface area (Å²) in [6.45, 7) is 6.44. The van der Waals surface area contributed by atoms with E-state index in [0.29, 0.717) is 6.61 Å². The Labute approximate surface area is 157 Å². The van der Waals surface area contributed by atoms with Crippen LogP contribution in [-0.4, -0.2) is 10.9 Å². The highest BCUT2D eigenvalue weighted by Gasteiger charge is 2.11. The van der Waals surface area contributed by atoms with E-state index in [1.54, 1.807) is 0 Å². The molecule has 0 saturated carbocycles. The fourth-order valence-corrected chi connectivity index (χ4v) is 3.34. The lowest BCUT2D eigenvalue weighted by Crippen LogP contribution is -2.16. The van der Waals surface area contributed by atoms with E-state index < -0.39 is 0 Å². The molecule has 4 nitrogen and oxygen atoms in total. The second kappa shape index (κ2) is 8.15. The van der Waals surface area contributed by atoms with E-state index in [9.17, 15) is 4.79 Å². The van der Waals surface area contributed by atoms with Crippen molar-refractivity contribution in [2.75, 3.05) is 5.32 Å². The third-order valence-electron chi connectivity index (χ3n) is 4.07. The Balaban J connectivity index is 1.56. The van der Waals surface area contributed by atoms with E-state index in [-0.39, 0.29) is 12.3 Å². The molecule has 1 heterocycles. The molecule has 134 valence electrons. The van der Waals surface area contributed by atoms with Crippen molar-refractivity contribution in [3.05, 3.63) is 75.2 Å². The molecule has 0 atom stereocenters. The number of hydrogen-bond donors (Lipinski definition) is 1. The highest BCUT2D eigenvalue weighted by Crippen LogP contribution is 2.20. The number of thiazole rings is 1. The van der Waals surface area contributed by atoms with Crippen molar-refractivity contribution in [2.24, 2.45) is 0 Å². The predicted molar refractivity (Wildman–Crippen MR) is 106 cm³/mol. The molecule has 0 unspecified atom stereocenters. The van der Waals surface area contributed by atoms with Crippen LogP contribution in [0.4, 0.5) is 5.69 Å². The number of nitrogens with one attached hydrogen (secondary N) is 1. The third kappa shape index (κ3) is 4.70. The number of aryl methyl sites for hydroxylation is 3. The maximum atomic E-state index is 12.3. The minimum Gasteiger partial charge on any atom is -0.486 e. The summed E-state index contributed by atoms with van der Waals surface area (Å²) in [6, 6.07) is 13.9. The number of rotatable bonds is 6. The first-order chi connectivity index (χ1) is 12.5. The van der Waals surface area contributed by atoms with Crippen molar-refractivity contribution in [1.82, 2.24) is 4.98 Å². The van der Waals surface area contributed by atoms with Gasteiger partial charge in [0, 0.05) is 11.1 Å². The molecule has 0 saturated heterocycles. The van der Waals surface area contributed by atoms with Crippen LogP contribution in [0, 0.1) is 20.8 Å². The van der Waals surface area contributed by atoms with Gasteiger partial charge in [-0.15, -0.1) is 11.3 Å². The summed E-state index contributed by atoms with van der Waals surface area (Å²) in [5.41, 5.74) is 4.97. The summed E-state index contributed by atoms with van der Waals surface area (Å²) in [5.74, 6) is 0.763. The van der Waals surface area contributed by atoms with E-state index in [0.717, 1.165) is 33.3 Å². The molecule has 3 rings (SSSR count). The molecule has 1 N–H and O–H groups in total. The van der Waals surface area contributed by atoms with Gasteiger partial charge < -0.3 is 10.1 Å². The number of benzene rings is 2. The van der Waals surface area contributed by atoms with Gasteiger partial charge in [-0.2, -0.15) is 0 Å². The maximum absolute atomic E-state index is 12.3. The van der Waals surface area contributed by atoms with Crippen LogP contribution in [0.1, 0.15) is 27.4 Å². The Bertz CT molecular complexity index is 880. The third-order valence-corrected chi connectivity index (χ3v) is 4.94. The molecular weight excluding hydrogens is 344 g/mol. The van der Waals surface area contributed by atoms with Crippen molar-refractivity contribution in [2.45, 2.75) is 33.8 Å². The molecule has 5 heteroatoms. The molecule has 0 fully saturated rings. The number of para-hydroxylation sites is 1. The second-order valence-electron chi connectivity index (χ2n) is 6.33. The number of amides is 1. The quantitative estimate of drug-likeness (QED) is 0.680. The average Bonchev–Trinajstić information content (AvgIpc) is 3.05. The molecule has 0 aliphatic heterocycles. The summed E-state index contributed by atoms with van der Waals surface area (Å²) in [6.07, 6.45) is 0.259. The molecule has 0 radical (unpaired) electrons. The van der Waals surface area contributed by atoms with E-state index >= 15 is 0 Å². The van der Waals surface area contributed by atoms with Gasteiger partial charge in [0.2, 0.25) is 5.91 Å². The minimum absolute atomic E-state index is 0.0568. The standard InChI is InChI=1S/C21H22N2O2S/c1-14-7-9-18(10-8-14)25-12-20-22-17(13-26-20)11-19(24)23-21-15(2)5-4-6-16(21)3/h4-10,13H,11-12H2,1-3H3,(H,23,24). The molecule has 0 bridgehead atoms. The van der Waals surface area contributed by atoms with E-state index in [1.165, 1.54) is 16.9 Å². The first-order valence-electron chi connectivity index (χ1n) is 8.50. The number of ether oxygens (including phenoxy) is 1. The second-order valence-corrected chi connectivity index (χ2v) is 7.27. The monoisotopic (exact) mass is 366 g/mol. The van der Waals surface area contributed by atoms with Crippen molar-refractivity contribution >= 4 is 22.9 Å². The van der Waals surface area contributed by atoms with Gasteiger partial charge in [0.15, 0.2) is 0 Å². The normalized spacial score (nSPS) is 10.6. The van der Waals surface area contributed by atoms with Gasteiger partial charge in [0.25, 0.3) is 0 Å². The molecular formula is C21H22N2O2S. The van der Waals surface area contributed by atoms with Gasteiger partial charge >= 0.3 is 0 Å². The average molecular weight is 366 g/mol. The van der Waals surface area contributed by atoms with Crippen molar-refractivity contribution in [3.8, 4) is 5.75 Å². The number of carbonyl (C=O) groups excluding carboxylic acids is 1.